The van der Waals surface area contributed by atoms with Gasteiger partial charge in [0.05, 0.1) is 17.3 Å². The fraction of sp³-hybridized carbons (Fsp3) is 0.500. The summed E-state index contributed by atoms with van der Waals surface area (Å²) < 4.78 is 31.7. The Hall–Kier alpha value is -2.79. The van der Waals surface area contributed by atoms with E-state index in [-0.39, 0.29) is 10.8 Å². The summed E-state index contributed by atoms with van der Waals surface area (Å²) in [5.74, 6) is 0.436. The van der Waals surface area contributed by atoms with E-state index in [1.807, 2.05) is 0 Å². The van der Waals surface area contributed by atoms with Gasteiger partial charge in [-0.2, -0.15) is 0 Å². The molecule has 0 aliphatic heterocycles. The molecule has 0 bridgehead atoms. The Morgan fingerprint density at radius 2 is 1.94 bits per heavy atom. The van der Waals surface area contributed by atoms with Gasteiger partial charge in [0.2, 0.25) is 11.8 Å². The lowest BCUT2D eigenvalue weighted by atomic mass is 9.84. The average Bonchev–Trinajstić information content (AvgIpc) is 3.64. The molecule has 5 rings (SSSR count). The molecule has 3 aromatic heterocycles. The van der Waals surface area contributed by atoms with Gasteiger partial charge in [0.15, 0.2) is 15.0 Å². The van der Waals surface area contributed by atoms with E-state index in [0.29, 0.717) is 46.5 Å². The molecule has 2 aliphatic rings. The largest absolute Gasteiger partial charge is 0.481 e. The number of fused-ring (bicyclic) bond motifs is 1. The third-order valence-electron chi connectivity index (χ3n) is 6.80. The summed E-state index contributed by atoms with van der Waals surface area (Å²) in [4.78, 5) is 36.0. The number of pyridine rings is 2. The minimum absolute atomic E-state index is 0.0317. The lowest BCUT2D eigenvalue weighted by molar-refractivity contribution is -0.120. The van der Waals surface area contributed by atoms with Crippen LogP contribution in [0, 0.1) is 5.92 Å². The third kappa shape index (κ3) is 5.11. The van der Waals surface area contributed by atoms with Crippen molar-refractivity contribution in [2.24, 2.45) is 5.92 Å². The quantitative estimate of drug-likeness (QED) is 0.481. The highest BCUT2D eigenvalue weighted by molar-refractivity contribution is 7.92. The Morgan fingerprint density at radius 3 is 2.63 bits per heavy atom. The molecule has 0 unspecified atom stereocenters. The summed E-state index contributed by atoms with van der Waals surface area (Å²) >= 11 is 1.23. The van der Waals surface area contributed by atoms with Crippen LogP contribution in [-0.2, 0) is 14.6 Å². The van der Waals surface area contributed by atoms with Gasteiger partial charge < -0.3 is 14.6 Å². The molecule has 0 spiro atoms. The number of thiazole rings is 1. The van der Waals surface area contributed by atoms with Crippen LogP contribution in [0.2, 0.25) is 0 Å². The highest BCUT2D eigenvalue weighted by atomic mass is 32.2. The summed E-state index contributed by atoms with van der Waals surface area (Å²) in [6.45, 7) is 0. The van der Waals surface area contributed by atoms with E-state index in [4.69, 9.17) is 4.74 Å². The molecule has 2 fully saturated rings. The van der Waals surface area contributed by atoms with Crippen LogP contribution in [0.4, 0.5) is 5.13 Å². The first-order valence-electron chi connectivity index (χ1n) is 11.9. The topological polar surface area (TPSA) is 120 Å². The van der Waals surface area contributed by atoms with E-state index in [1.165, 1.54) is 41.7 Å². The number of carbonyl (C=O) groups excluding carboxylic acids is 1. The lowest BCUT2D eigenvalue weighted by Gasteiger charge is -2.27. The predicted octanol–water partition coefficient (Wildman–Crippen LogP) is 3.95. The first kappa shape index (κ1) is 23.9. The van der Waals surface area contributed by atoms with Crippen molar-refractivity contribution < 1.29 is 17.9 Å². The number of carbonyl (C=O) groups is 1. The maximum atomic E-state index is 13.5. The number of sulfone groups is 1. The number of aromatic nitrogens is 3. The summed E-state index contributed by atoms with van der Waals surface area (Å²) in [6, 6.07) is 5.32. The molecule has 0 saturated heterocycles. The summed E-state index contributed by atoms with van der Waals surface area (Å²) in [5, 5.41) is 2.86. The van der Waals surface area contributed by atoms with Gasteiger partial charge in [0.1, 0.15) is 16.4 Å². The number of ether oxygens (including phenoxy) is 1. The van der Waals surface area contributed by atoms with E-state index in [0.717, 1.165) is 31.7 Å². The number of amides is 1. The summed E-state index contributed by atoms with van der Waals surface area (Å²) in [6.07, 6.45) is 8.64. The van der Waals surface area contributed by atoms with Crippen LogP contribution in [0.3, 0.4) is 0 Å². The van der Waals surface area contributed by atoms with Crippen molar-refractivity contribution in [3.05, 3.63) is 40.8 Å². The molecule has 0 aromatic carbocycles. The smallest absolute Gasteiger partial charge is 0.252 e. The van der Waals surface area contributed by atoms with Crippen LogP contribution in [0.25, 0.3) is 10.3 Å². The highest BCUT2D eigenvalue weighted by Gasteiger charge is 2.37. The van der Waals surface area contributed by atoms with Crippen molar-refractivity contribution in [3.63, 3.8) is 0 Å². The zero-order chi connectivity index (χ0) is 24.6. The predicted molar refractivity (Wildman–Crippen MR) is 134 cm³/mol. The second kappa shape index (κ2) is 9.69. The van der Waals surface area contributed by atoms with E-state index in [1.54, 1.807) is 12.1 Å². The molecule has 3 aromatic rings. The number of hydrogen-bond donors (Lipinski definition) is 1. The second-order valence-corrected chi connectivity index (χ2v) is 12.5. The molecule has 2 saturated carbocycles. The van der Waals surface area contributed by atoms with Crippen molar-refractivity contribution in [3.8, 4) is 5.88 Å². The van der Waals surface area contributed by atoms with Gasteiger partial charge in [-0.3, -0.25) is 9.59 Å². The Labute approximate surface area is 207 Å². The van der Waals surface area contributed by atoms with Crippen LogP contribution < -0.4 is 15.6 Å². The van der Waals surface area contributed by atoms with Crippen LogP contribution >= 0.6 is 11.3 Å². The molecular formula is C24H28N4O5S2. The van der Waals surface area contributed by atoms with E-state index < -0.39 is 26.7 Å². The SMILES string of the molecule is COc1ccc2nc(NC(=O)[C@H](CC3CCCCC3)n3ccc(S(=O)(=O)C4CC4)cc3=O)sc2n1. The fourth-order valence-electron chi connectivity index (χ4n) is 4.72. The molecular weight excluding hydrogens is 488 g/mol. The van der Waals surface area contributed by atoms with Gasteiger partial charge >= 0.3 is 0 Å². The number of rotatable bonds is 8. The van der Waals surface area contributed by atoms with Crippen LogP contribution in [-0.4, -0.2) is 41.2 Å². The Morgan fingerprint density at radius 1 is 1.17 bits per heavy atom. The first-order valence-corrected chi connectivity index (χ1v) is 14.3. The number of anilines is 1. The van der Waals surface area contributed by atoms with E-state index in [2.05, 4.69) is 15.3 Å². The molecule has 9 nitrogen and oxygen atoms in total. The molecule has 3 heterocycles. The zero-order valence-corrected chi connectivity index (χ0v) is 21.1. The van der Waals surface area contributed by atoms with Crippen LogP contribution in [0.5, 0.6) is 5.88 Å². The lowest BCUT2D eigenvalue weighted by Crippen LogP contribution is -2.35. The van der Waals surface area contributed by atoms with Crippen molar-refractivity contribution in [2.75, 3.05) is 12.4 Å². The van der Waals surface area contributed by atoms with Crippen molar-refractivity contribution >= 4 is 42.6 Å². The molecule has 2 aliphatic carbocycles. The molecule has 186 valence electrons. The zero-order valence-electron chi connectivity index (χ0n) is 19.5. The van der Waals surface area contributed by atoms with Crippen molar-refractivity contribution in [1.82, 2.24) is 14.5 Å². The normalized spacial score (nSPS) is 17.9. The molecule has 11 heteroatoms. The van der Waals surface area contributed by atoms with Gasteiger partial charge in [0.25, 0.3) is 5.56 Å². The number of nitrogens with zero attached hydrogens (tertiary/aromatic N) is 3. The van der Waals surface area contributed by atoms with Gasteiger partial charge in [-0.05, 0) is 37.3 Å². The Bertz CT molecular complexity index is 1400. The maximum absolute atomic E-state index is 13.5. The monoisotopic (exact) mass is 516 g/mol. The van der Waals surface area contributed by atoms with Crippen LogP contribution in [0.1, 0.15) is 57.4 Å². The molecule has 1 N–H and O–H groups in total. The minimum atomic E-state index is -3.49. The maximum Gasteiger partial charge on any atom is 0.252 e. The standard InChI is InChI=1S/C24H28N4O5S2/c1-33-20-10-9-18-23(26-20)34-24(25-18)27-22(30)19(13-15-5-3-2-4-6-15)28-12-11-17(14-21(28)29)35(31,32)16-7-8-16/h9-12,14-16,19H,2-8,13H2,1H3,(H,25,27,30)/t19-/m0/s1. The number of nitrogens with one attached hydrogen (secondary N) is 1. The first-order chi connectivity index (χ1) is 16.8. The summed E-state index contributed by atoms with van der Waals surface area (Å²) in [5.41, 5.74) is 0.153. The van der Waals surface area contributed by atoms with Gasteiger partial charge in [-0.25, -0.2) is 18.4 Å². The number of hydrogen-bond acceptors (Lipinski definition) is 8. The Balaban J connectivity index is 1.43. The van der Waals surface area contributed by atoms with E-state index in [9.17, 15) is 18.0 Å². The highest BCUT2D eigenvalue weighted by Crippen LogP contribution is 2.34. The van der Waals surface area contributed by atoms with E-state index >= 15 is 0 Å². The average molecular weight is 517 g/mol. The third-order valence-corrected chi connectivity index (χ3v) is 9.94. The second-order valence-electron chi connectivity index (χ2n) is 9.29. The molecule has 1 amide bonds. The van der Waals surface area contributed by atoms with Crippen LogP contribution in [0.15, 0.2) is 40.2 Å². The molecule has 0 radical (unpaired) electrons. The van der Waals surface area contributed by atoms with Crippen molar-refractivity contribution in [2.45, 2.75) is 67.6 Å². The van der Waals surface area contributed by atoms with Gasteiger partial charge in [0, 0.05) is 18.3 Å². The van der Waals surface area contributed by atoms with Crippen molar-refractivity contribution in [1.29, 1.82) is 0 Å². The minimum Gasteiger partial charge on any atom is -0.481 e. The molecule has 35 heavy (non-hydrogen) atoms. The van der Waals surface area contributed by atoms with Gasteiger partial charge in [-0.15, -0.1) is 0 Å². The Kier molecular flexibility index (Phi) is 6.63. The van der Waals surface area contributed by atoms with Gasteiger partial charge in [-0.1, -0.05) is 43.4 Å². The summed E-state index contributed by atoms with van der Waals surface area (Å²) in [7, 11) is -1.95. The fourth-order valence-corrected chi connectivity index (χ4v) is 7.21. The number of methoxy groups -OCH3 is 1. The molecule has 1 atom stereocenters.